The molecule has 27 heavy (non-hydrogen) atoms. The molecule has 1 aliphatic rings. The Hall–Kier alpha value is -2.64. The molecule has 1 aliphatic carbocycles. The van der Waals surface area contributed by atoms with E-state index in [2.05, 4.69) is 30.8 Å². The Morgan fingerprint density at radius 2 is 1.96 bits per heavy atom. The quantitative estimate of drug-likeness (QED) is 0.547. The van der Waals surface area contributed by atoms with Crippen LogP contribution in [0.3, 0.4) is 0 Å². The highest BCUT2D eigenvalue weighted by Crippen LogP contribution is 2.27. The minimum atomic E-state index is 0.306. The van der Waals surface area contributed by atoms with E-state index in [1.165, 1.54) is 11.3 Å². The molecule has 9 heteroatoms. The number of nitrogens with one attached hydrogen (secondary N) is 2. The van der Waals surface area contributed by atoms with Crippen molar-refractivity contribution in [1.29, 1.82) is 0 Å². The number of H-pyrrole nitrogens is 1. The summed E-state index contributed by atoms with van der Waals surface area (Å²) in [4.78, 5) is 0. The zero-order chi connectivity index (χ0) is 18.4. The second-order valence-corrected chi connectivity index (χ2v) is 7.50. The molecule has 0 bridgehead atoms. The summed E-state index contributed by atoms with van der Waals surface area (Å²) in [6.45, 7) is 0. The second-order valence-electron chi connectivity index (χ2n) is 6.63. The van der Waals surface area contributed by atoms with Crippen LogP contribution in [0.1, 0.15) is 17.7 Å². The Labute approximate surface area is 164 Å². The van der Waals surface area contributed by atoms with E-state index in [-0.39, 0.29) is 0 Å². The molecule has 0 radical (unpaired) electrons. The first-order valence-corrected chi connectivity index (χ1v) is 9.38. The molecule has 5 rings (SSSR count). The van der Waals surface area contributed by atoms with Crippen LogP contribution in [0.25, 0.3) is 17.0 Å². The van der Waals surface area contributed by atoms with Crippen molar-refractivity contribution in [3.05, 3.63) is 57.8 Å². The van der Waals surface area contributed by atoms with E-state index < -0.39 is 0 Å². The molecule has 7 nitrogen and oxygen atoms in total. The molecule has 0 saturated heterocycles. The average Bonchev–Trinajstić information content (AvgIpc) is 3.26. The summed E-state index contributed by atoms with van der Waals surface area (Å²) in [5.41, 5.74) is 3.92. The first-order valence-electron chi connectivity index (χ1n) is 8.62. The van der Waals surface area contributed by atoms with E-state index in [1.807, 2.05) is 18.3 Å². The third-order valence-corrected chi connectivity index (χ3v) is 5.19. The molecule has 3 heterocycles. The Morgan fingerprint density at radius 3 is 2.81 bits per heavy atom. The Bertz CT molecular complexity index is 1110. The van der Waals surface area contributed by atoms with Gasteiger partial charge in [-0.1, -0.05) is 23.2 Å². The summed E-state index contributed by atoms with van der Waals surface area (Å²) in [6.07, 6.45) is 4.83. The number of aromatic amines is 1. The third-order valence-electron chi connectivity index (χ3n) is 4.75. The van der Waals surface area contributed by atoms with E-state index in [0.29, 0.717) is 27.6 Å². The van der Waals surface area contributed by atoms with Crippen LogP contribution in [0.2, 0.25) is 10.0 Å². The molecule has 1 atom stereocenters. The van der Waals surface area contributed by atoms with Gasteiger partial charge in [0.1, 0.15) is 5.82 Å². The number of anilines is 1. The lowest BCUT2D eigenvalue weighted by molar-refractivity contribution is 0.601. The number of aromatic nitrogens is 6. The maximum Gasteiger partial charge on any atom is 0.185 e. The maximum absolute atomic E-state index is 6.13. The number of hydrogen-bond acceptors (Lipinski definition) is 5. The zero-order valence-electron chi connectivity index (χ0n) is 14.2. The second kappa shape index (κ2) is 6.51. The molecule has 0 saturated carbocycles. The number of fused-ring (bicyclic) bond motifs is 2. The van der Waals surface area contributed by atoms with E-state index in [9.17, 15) is 0 Å². The summed E-state index contributed by atoms with van der Waals surface area (Å²) in [5, 5.41) is 24.9. The van der Waals surface area contributed by atoms with Crippen LogP contribution >= 0.6 is 23.2 Å². The van der Waals surface area contributed by atoms with Crippen molar-refractivity contribution in [2.75, 3.05) is 5.32 Å². The van der Waals surface area contributed by atoms with Crippen LogP contribution in [-0.2, 0) is 12.8 Å². The fraction of sp³-hybridized carbons (Fsp3) is 0.222. The van der Waals surface area contributed by atoms with Crippen molar-refractivity contribution >= 4 is 34.7 Å². The molecule has 1 aromatic carbocycles. The topological polar surface area (TPSA) is 83.8 Å². The van der Waals surface area contributed by atoms with Gasteiger partial charge in [0.25, 0.3) is 0 Å². The van der Waals surface area contributed by atoms with Crippen LogP contribution < -0.4 is 5.32 Å². The molecule has 0 aliphatic heterocycles. The molecule has 3 aromatic heterocycles. The van der Waals surface area contributed by atoms with E-state index in [1.54, 1.807) is 22.7 Å². The number of aryl methyl sites for hydroxylation is 1. The van der Waals surface area contributed by atoms with Crippen molar-refractivity contribution in [2.45, 2.75) is 25.3 Å². The summed E-state index contributed by atoms with van der Waals surface area (Å²) >= 11 is 12.3. The van der Waals surface area contributed by atoms with Crippen LogP contribution in [0, 0.1) is 0 Å². The zero-order valence-corrected chi connectivity index (χ0v) is 15.7. The lowest BCUT2D eigenvalue weighted by Gasteiger charge is -2.23. The number of benzene rings is 1. The molecular weight excluding hydrogens is 385 g/mol. The van der Waals surface area contributed by atoms with Gasteiger partial charge in [-0.2, -0.15) is 9.61 Å². The molecular formula is C18H15Cl2N7. The number of hydrogen-bond donors (Lipinski definition) is 2. The molecule has 4 aromatic rings. The highest BCUT2D eigenvalue weighted by Gasteiger charge is 2.20. The number of halogens is 2. The van der Waals surface area contributed by atoms with Gasteiger partial charge in [0.05, 0.1) is 6.20 Å². The minimum Gasteiger partial charge on any atom is -0.366 e. The predicted molar refractivity (Wildman–Crippen MR) is 104 cm³/mol. The molecule has 0 amide bonds. The molecule has 0 spiro atoms. The normalized spacial score (nSPS) is 16.4. The van der Waals surface area contributed by atoms with Gasteiger partial charge in [-0.3, -0.25) is 5.10 Å². The van der Waals surface area contributed by atoms with Gasteiger partial charge < -0.3 is 5.32 Å². The van der Waals surface area contributed by atoms with E-state index >= 15 is 0 Å². The smallest absolute Gasteiger partial charge is 0.185 e. The van der Waals surface area contributed by atoms with Crippen LogP contribution in [0.5, 0.6) is 0 Å². The lowest BCUT2D eigenvalue weighted by Crippen LogP contribution is -2.27. The molecule has 0 fully saturated rings. The van der Waals surface area contributed by atoms with Gasteiger partial charge in [-0.15, -0.1) is 15.3 Å². The Balaban J connectivity index is 1.47. The SMILES string of the molecule is Clc1cc(Cl)cc(-c2nnc3ccc(NC4CCc5[nH]ncc5C4)nn23)c1. The highest BCUT2D eigenvalue weighted by molar-refractivity contribution is 6.35. The first-order chi connectivity index (χ1) is 13.2. The molecule has 1 unspecified atom stereocenters. The maximum atomic E-state index is 6.13. The van der Waals surface area contributed by atoms with Gasteiger partial charge in [0, 0.05) is 27.3 Å². The summed E-state index contributed by atoms with van der Waals surface area (Å²) < 4.78 is 1.70. The predicted octanol–water partition coefficient (Wildman–Crippen LogP) is 3.79. The van der Waals surface area contributed by atoms with Gasteiger partial charge in [-0.25, -0.2) is 0 Å². The van der Waals surface area contributed by atoms with E-state index in [0.717, 1.165) is 30.6 Å². The number of rotatable bonds is 3. The lowest BCUT2D eigenvalue weighted by atomic mass is 9.93. The van der Waals surface area contributed by atoms with Crippen molar-refractivity contribution in [2.24, 2.45) is 0 Å². The largest absolute Gasteiger partial charge is 0.366 e. The van der Waals surface area contributed by atoms with E-state index in [4.69, 9.17) is 23.2 Å². The van der Waals surface area contributed by atoms with Crippen molar-refractivity contribution in [3.63, 3.8) is 0 Å². The fourth-order valence-corrected chi connectivity index (χ4v) is 4.00. The first kappa shape index (κ1) is 16.5. The van der Waals surface area contributed by atoms with Crippen LogP contribution in [0.4, 0.5) is 5.82 Å². The standard InChI is InChI=1S/C18H15Cl2N7/c19-12-5-10(6-13(20)8-12)18-25-24-17-4-3-16(26-27(17)18)22-14-1-2-15-11(7-14)9-21-23-15/h3-6,8-9,14H,1-2,7H2,(H,21,23)(H,22,26). The van der Waals surface area contributed by atoms with Crippen molar-refractivity contribution < 1.29 is 0 Å². The van der Waals surface area contributed by atoms with Crippen LogP contribution in [0.15, 0.2) is 36.5 Å². The fourth-order valence-electron chi connectivity index (χ4n) is 3.48. The van der Waals surface area contributed by atoms with Crippen LogP contribution in [-0.4, -0.2) is 36.1 Å². The van der Waals surface area contributed by atoms with Crippen molar-refractivity contribution in [1.82, 2.24) is 30.0 Å². The average molecular weight is 400 g/mol. The van der Waals surface area contributed by atoms with Gasteiger partial charge in [-0.05, 0) is 55.2 Å². The third kappa shape index (κ3) is 3.13. The Kier molecular flexibility index (Phi) is 3.98. The van der Waals surface area contributed by atoms with Crippen molar-refractivity contribution in [3.8, 4) is 11.4 Å². The summed E-state index contributed by atoms with van der Waals surface area (Å²) in [7, 11) is 0. The minimum absolute atomic E-state index is 0.306. The summed E-state index contributed by atoms with van der Waals surface area (Å²) in [6, 6.07) is 9.40. The molecule has 2 N–H and O–H groups in total. The highest BCUT2D eigenvalue weighted by atomic mass is 35.5. The Morgan fingerprint density at radius 1 is 1.11 bits per heavy atom. The van der Waals surface area contributed by atoms with Gasteiger partial charge in [0.15, 0.2) is 11.5 Å². The monoisotopic (exact) mass is 399 g/mol. The van der Waals surface area contributed by atoms with Gasteiger partial charge >= 0.3 is 0 Å². The van der Waals surface area contributed by atoms with Gasteiger partial charge in [0.2, 0.25) is 0 Å². The number of nitrogens with zero attached hydrogens (tertiary/aromatic N) is 5. The summed E-state index contributed by atoms with van der Waals surface area (Å²) in [5.74, 6) is 1.37. The molecule has 136 valence electrons.